The first-order chi connectivity index (χ1) is 10.1. The van der Waals surface area contributed by atoms with Gasteiger partial charge in [-0.3, -0.25) is 0 Å². The van der Waals surface area contributed by atoms with E-state index in [0.717, 1.165) is 15.4 Å². The molecule has 1 atom stereocenters. The number of thiophene rings is 1. The lowest BCUT2D eigenvalue weighted by Crippen LogP contribution is -2.11. The first-order valence-electron chi connectivity index (χ1n) is 6.61. The van der Waals surface area contributed by atoms with Crippen LogP contribution in [-0.2, 0) is 4.84 Å². The number of anilines is 1. The van der Waals surface area contributed by atoms with Gasteiger partial charge in [0, 0.05) is 24.5 Å². The van der Waals surface area contributed by atoms with Crippen molar-refractivity contribution < 1.29 is 9.94 Å². The highest BCUT2D eigenvalue weighted by atomic mass is 32.1. The van der Waals surface area contributed by atoms with Crippen LogP contribution in [0.3, 0.4) is 0 Å². The van der Waals surface area contributed by atoms with Gasteiger partial charge in [0.1, 0.15) is 5.71 Å². The number of benzene rings is 1. The molecule has 5 heteroatoms. The van der Waals surface area contributed by atoms with Crippen LogP contribution in [0.15, 0.2) is 53.2 Å². The zero-order valence-electron chi connectivity index (χ0n) is 11.9. The fourth-order valence-electron chi connectivity index (χ4n) is 2.10. The van der Waals surface area contributed by atoms with Crippen LogP contribution in [0.25, 0.3) is 6.08 Å². The van der Waals surface area contributed by atoms with Gasteiger partial charge in [-0.15, -0.1) is 11.3 Å². The van der Waals surface area contributed by atoms with Crippen LogP contribution >= 0.6 is 11.3 Å². The molecule has 0 aliphatic carbocycles. The smallest absolute Gasteiger partial charge is 0.253 e. The van der Waals surface area contributed by atoms with Gasteiger partial charge in [0.2, 0.25) is 0 Å². The first-order valence-corrected chi connectivity index (χ1v) is 7.43. The van der Waals surface area contributed by atoms with Gasteiger partial charge in [0.25, 0.3) is 6.29 Å². The molecule has 0 amide bonds. The molecule has 0 saturated heterocycles. The van der Waals surface area contributed by atoms with Crippen molar-refractivity contribution in [3.05, 3.63) is 58.5 Å². The molecule has 3 rings (SSSR count). The minimum atomic E-state index is -1.01. The summed E-state index contributed by atoms with van der Waals surface area (Å²) in [5, 5.41) is 15.1. The number of oxime groups is 1. The Morgan fingerprint density at radius 2 is 1.95 bits per heavy atom. The summed E-state index contributed by atoms with van der Waals surface area (Å²) in [6.45, 7) is 0. The molecule has 1 aromatic carbocycles. The maximum atomic E-state index is 9.99. The van der Waals surface area contributed by atoms with Crippen LogP contribution in [0.2, 0.25) is 0 Å². The second kappa shape index (κ2) is 5.71. The molecule has 1 aromatic heterocycles. The summed E-state index contributed by atoms with van der Waals surface area (Å²) in [5.41, 5.74) is 2.31. The van der Waals surface area contributed by atoms with E-state index in [0.29, 0.717) is 11.3 Å². The van der Waals surface area contributed by atoms with Gasteiger partial charge in [-0.25, -0.2) is 0 Å². The topological polar surface area (TPSA) is 45.1 Å². The Bertz CT molecular complexity index is 689. The van der Waals surface area contributed by atoms with E-state index >= 15 is 0 Å². The predicted octanol–water partition coefficient (Wildman–Crippen LogP) is 2.95. The Labute approximate surface area is 127 Å². The Kier molecular flexibility index (Phi) is 3.77. The Morgan fingerprint density at radius 1 is 1.19 bits per heavy atom. The van der Waals surface area contributed by atoms with E-state index in [1.165, 1.54) is 0 Å². The van der Waals surface area contributed by atoms with Crippen LogP contribution in [0, 0.1) is 0 Å². The molecule has 1 unspecified atom stereocenters. The second-order valence-electron chi connectivity index (χ2n) is 4.93. The number of nitrogens with zero attached hydrogens (tertiary/aromatic N) is 2. The van der Waals surface area contributed by atoms with E-state index in [1.54, 1.807) is 11.3 Å². The van der Waals surface area contributed by atoms with Gasteiger partial charge < -0.3 is 14.8 Å². The number of hydrogen-bond donors (Lipinski definition) is 1. The van der Waals surface area contributed by atoms with Gasteiger partial charge in [-0.05, 0) is 18.2 Å². The lowest BCUT2D eigenvalue weighted by molar-refractivity contribution is -0.0543. The van der Waals surface area contributed by atoms with E-state index in [4.69, 9.17) is 4.84 Å². The molecule has 108 valence electrons. The summed E-state index contributed by atoms with van der Waals surface area (Å²) in [7, 11) is 4.01. The monoisotopic (exact) mass is 300 g/mol. The molecule has 0 spiro atoms. The molecule has 0 radical (unpaired) electrons. The van der Waals surface area contributed by atoms with Crippen molar-refractivity contribution >= 4 is 28.1 Å². The standard InChI is InChI=1S/C16H16N2O2S/c1-18(2)14-9-8-12(21-14)10-13-15(17-20-16(13)19)11-6-4-3-5-7-11/h3-10,16,19H,1-2H3/b13-10-. The summed E-state index contributed by atoms with van der Waals surface area (Å²) in [6, 6.07) is 13.8. The lowest BCUT2D eigenvalue weighted by Gasteiger charge is -2.07. The summed E-state index contributed by atoms with van der Waals surface area (Å²) in [6.07, 6.45) is 0.923. The van der Waals surface area contributed by atoms with Gasteiger partial charge in [-0.2, -0.15) is 0 Å². The Morgan fingerprint density at radius 3 is 2.62 bits per heavy atom. The fourth-order valence-corrected chi connectivity index (χ4v) is 2.98. The van der Waals surface area contributed by atoms with Crippen LogP contribution in [-0.4, -0.2) is 31.2 Å². The summed E-state index contributed by atoms with van der Waals surface area (Å²) < 4.78 is 0. The largest absolute Gasteiger partial charge is 0.370 e. The fraction of sp³-hybridized carbons (Fsp3) is 0.188. The molecule has 0 saturated carbocycles. The highest BCUT2D eigenvalue weighted by Crippen LogP contribution is 2.29. The number of hydrogen-bond acceptors (Lipinski definition) is 5. The van der Waals surface area contributed by atoms with Crippen LogP contribution < -0.4 is 4.90 Å². The summed E-state index contributed by atoms with van der Waals surface area (Å²) in [4.78, 5) is 8.14. The predicted molar refractivity (Wildman–Crippen MR) is 86.7 cm³/mol. The van der Waals surface area contributed by atoms with E-state index < -0.39 is 6.29 Å². The molecule has 0 bridgehead atoms. The first kappa shape index (κ1) is 13.9. The zero-order valence-corrected chi connectivity index (χ0v) is 12.7. The van der Waals surface area contributed by atoms with Crippen molar-refractivity contribution in [3.63, 3.8) is 0 Å². The molecule has 21 heavy (non-hydrogen) atoms. The molecule has 4 nitrogen and oxygen atoms in total. The Balaban J connectivity index is 1.94. The van der Waals surface area contributed by atoms with Crippen molar-refractivity contribution in [3.8, 4) is 0 Å². The second-order valence-corrected chi connectivity index (χ2v) is 6.03. The molecule has 1 aliphatic heterocycles. The summed E-state index contributed by atoms with van der Waals surface area (Å²) in [5.74, 6) is 0. The Hall–Kier alpha value is -2.11. The maximum absolute atomic E-state index is 9.99. The average molecular weight is 300 g/mol. The van der Waals surface area contributed by atoms with E-state index in [2.05, 4.69) is 16.1 Å². The quantitative estimate of drug-likeness (QED) is 0.948. The van der Waals surface area contributed by atoms with Gasteiger partial charge >= 0.3 is 0 Å². The van der Waals surface area contributed by atoms with Crippen molar-refractivity contribution in [1.29, 1.82) is 0 Å². The van der Waals surface area contributed by atoms with Crippen LogP contribution in [0.1, 0.15) is 10.4 Å². The van der Waals surface area contributed by atoms with E-state index in [1.807, 2.05) is 56.6 Å². The molecule has 1 N–H and O–H groups in total. The number of aliphatic hydroxyl groups excluding tert-OH is 1. The van der Waals surface area contributed by atoms with Crippen molar-refractivity contribution in [2.75, 3.05) is 19.0 Å². The summed E-state index contributed by atoms with van der Waals surface area (Å²) >= 11 is 1.65. The molecular weight excluding hydrogens is 284 g/mol. The van der Waals surface area contributed by atoms with Crippen LogP contribution in [0.4, 0.5) is 5.00 Å². The normalized spacial score (nSPS) is 19.5. The maximum Gasteiger partial charge on any atom is 0.253 e. The zero-order chi connectivity index (χ0) is 14.8. The molecule has 0 fully saturated rings. The van der Waals surface area contributed by atoms with E-state index in [9.17, 15) is 5.11 Å². The lowest BCUT2D eigenvalue weighted by atomic mass is 10.0. The third-order valence-corrected chi connectivity index (χ3v) is 4.38. The highest BCUT2D eigenvalue weighted by Gasteiger charge is 2.26. The van der Waals surface area contributed by atoms with Crippen LogP contribution in [0.5, 0.6) is 0 Å². The highest BCUT2D eigenvalue weighted by molar-refractivity contribution is 7.16. The molecular formula is C16H16N2O2S. The third-order valence-electron chi connectivity index (χ3n) is 3.18. The minimum Gasteiger partial charge on any atom is -0.370 e. The minimum absolute atomic E-state index is 0.683. The molecule has 1 aliphatic rings. The van der Waals surface area contributed by atoms with Crippen molar-refractivity contribution in [2.45, 2.75) is 6.29 Å². The number of aliphatic hydroxyl groups is 1. The number of rotatable bonds is 3. The molecule has 2 aromatic rings. The third kappa shape index (κ3) is 2.84. The van der Waals surface area contributed by atoms with Crippen molar-refractivity contribution in [1.82, 2.24) is 0 Å². The average Bonchev–Trinajstić information content (AvgIpc) is 3.09. The molecule has 2 heterocycles. The van der Waals surface area contributed by atoms with Gasteiger partial charge in [0.15, 0.2) is 0 Å². The SMILES string of the molecule is CN(C)c1ccc(/C=C2/C(c3ccccc3)=NOC2O)s1. The van der Waals surface area contributed by atoms with Gasteiger partial charge in [0.05, 0.1) is 10.6 Å². The van der Waals surface area contributed by atoms with Crippen molar-refractivity contribution in [2.24, 2.45) is 5.16 Å². The van der Waals surface area contributed by atoms with E-state index in [-0.39, 0.29) is 0 Å². The van der Waals surface area contributed by atoms with Gasteiger partial charge in [-0.1, -0.05) is 35.5 Å².